The van der Waals surface area contributed by atoms with Crippen molar-refractivity contribution < 1.29 is 23.1 Å². The van der Waals surface area contributed by atoms with Crippen molar-refractivity contribution >= 4 is 17.2 Å². The third-order valence-electron chi connectivity index (χ3n) is 3.49. The Hall–Kier alpha value is -3.03. The van der Waals surface area contributed by atoms with E-state index in [0.717, 1.165) is 16.7 Å². The van der Waals surface area contributed by atoms with Crippen LogP contribution in [0.2, 0.25) is 0 Å². The summed E-state index contributed by atoms with van der Waals surface area (Å²) in [7, 11) is 0. The van der Waals surface area contributed by atoms with Crippen LogP contribution in [0.4, 0.5) is 18.9 Å². The van der Waals surface area contributed by atoms with Gasteiger partial charge in [-0.1, -0.05) is 12.1 Å². The molecule has 0 aliphatic heterocycles. The minimum atomic E-state index is -4.53. The van der Waals surface area contributed by atoms with Gasteiger partial charge >= 0.3 is 6.18 Å². The van der Waals surface area contributed by atoms with E-state index >= 15 is 0 Å². The van der Waals surface area contributed by atoms with Gasteiger partial charge in [-0.2, -0.15) is 13.2 Å². The Morgan fingerprint density at radius 2 is 1.92 bits per heavy atom. The van der Waals surface area contributed by atoms with Gasteiger partial charge in [-0.25, -0.2) is 4.98 Å². The quantitative estimate of drug-likeness (QED) is 0.703. The highest BCUT2D eigenvalue weighted by molar-refractivity contribution is 6.05. The number of aromatic nitrogens is 2. The number of carbonyl (C=O) groups excluding carboxylic acids is 1. The molecule has 2 N–H and O–H groups in total. The van der Waals surface area contributed by atoms with E-state index in [1.807, 2.05) is 0 Å². The average Bonchev–Trinajstić information content (AvgIpc) is 2.83. The molecule has 0 saturated carbocycles. The molecule has 1 aromatic carbocycles. The number of phenolic OH excluding ortho intramolecular Hbond substituents is 1. The molecule has 0 aliphatic rings. The van der Waals surface area contributed by atoms with Gasteiger partial charge in [0.25, 0.3) is 5.91 Å². The van der Waals surface area contributed by atoms with E-state index in [2.05, 4.69) is 10.3 Å². The number of aryl methyl sites for hydroxylation is 1. The van der Waals surface area contributed by atoms with Gasteiger partial charge in [0.05, 0.1) is 16.9 Å². The Labute approximate surface area is 134 Å². The number of rotatable bonds is 2. The maximum Gasteiger partial charge on any atom is 0.417 e. The fourth-order valence-corrected chi connectivity index (χ4v) is 2.36. The first kappa shape index (κ1) is 15.9. The molecule has 3 aromatic rings. The number of carbonyl (C=O) groups is 1. The predicted molar refractivity (Wildman–Crippen MR) is 81.0 cm³/mol. The minimum absolute atomic E-state index is 0.0284. The van der Waals surface area contributed by atoms with Crippen LogP contribution in [0.5, 0.6) is 5.75 Å². The van der Waals surface area contributed by atoms with Gasteiger partial charge in [-0.05, 0) is 31.2 Å². The van der Waals surface area contributed by atoms with Gasteiger partial charge in [0, 0.05) is 6.20 Å². The molecule has 24 heavy (non-hydrogen) atoms. The van der Waals surface area contributed by atoms with Crippen molar-refractivity contribution in [2.24, 2.45) is 0 Å². The Morgan fingerprint density at radius 3 is 2.58 bits per heavy atom. The number of halogens is 3. The number of hydrogen-bond donors (Lipinski definition) is 2. The molecule has 1 amide bonds. The highest BCUT2D eigenvalue weighted by atomic mass is 19.4. The van der Waals surface area contributed by atoms with E-state index in [4.69, 9.17) is 0 Å². The van der Waals surface area contributed by atoms with Crippen LogP contribution >= 0.6 is 0 Å². The number of nitrogens with zero attached hydrogens (tertiary/aromatic N) is 2. The Morgan fingerprint density at radius 1 is 1.21 bits per heavy atom. The fraction of sp³-hybridized carbons (Fsp3) is 0.125. The zero-order valence-corrected chi connectivity index (χ0v) is 12.4. The largest absolute Gasteiger partial charge is 0.506 e. The Bertz CT molecular complexity index is 932. The Kier molecular flexibility index (Phi) is 3.67. The number of hydrogen-bond acceptors (Lipinski definition) is 3. The van der Waals surface area contributed by atoms with Crippen LogP contribution in [-0.2, 0) is 6.18 Å². The number of phenols is 1. The molecule has 0 aliphatic carbocycles. The minimum Gasteiger partial charge on any atom is -0.506 e. The maximum atomic E-state index is 12.9. The molecule has 124 valence electrons. The number of nitrogens with one attached hydrogen (secondary N) is 1. The van der Waals surface area contributed by atoms with E-state index in [9.17, 15) is 23.1 Å². The molecule has 2 aromatic heterocycles. The summed E-state index contributed by atoms with van der Waals surface area (Å²) in [5, 5.41) is 12.2. The molecule has 3 rings (SSSR count). The molecule has 0 spiro atoms. The molecule has 0 saturated heterocycles. The summed E-state index contributed by atoms with van der Waals surface area (Å²) >= 11 is 0. The van der Waals surface area contributed by atoms with E-state index < -0.39 is 17.6 Å². The second-order valence-corrected chi connectivity index (χ2v) is 5.16. The number of pyridine rings is 1. The first-order valence-corrected chi connectivity index (χ1v) is 6.92. The SMILES string of the molecule is Cc1nc2ccc(C(F)(F)F)cn2c1C(=O)Nc1ccccc1O. The Balaban J connectivity index is 2.06. The number of anilines is 1. The van der Waals surface area contributed by atoms with Crippen molar-refractivity contribution in [3.8, 4) is 5.75 Å². The van der Waals surface area contributed by atoms with Crippen LogP contribution in [0.1, 0.15) is 21.7 Å². The summed E-state index contributed by atoms with van der Waals surface area (Å²) in [6, 6.07) is 8.17. The summed E-state index contributed by atoms with van der Waals surface area (Å²) in [6.45, 7) is 1.53. The van der Waals surface area contributed by atoms with Crippen LogP contribution in [0.3, 0.4) is 0 Å². The van der Waals surface area contributed by atoms with Crippen LogP contribution in [0.25, 0.3) is 5.65 Å². The summed E-state index contributed by atoms with van der Waals surface area (Å²) in [5.41, 5.74) is -0.252. The van der Waals surface area contributed by atoms with E-state index in [1.165, 1.54) is 25.1 Å². The van der Waals surface area contributed by atoms with E-state index in [0.29, 0.717) is 0 Å². The van der Waals surface area contributed by atoms with Crippen molar-refractivity contribution in [3.05, 3.63) is 59.5 Å². The number of amides is 1. The lowest BCUT2D eigenvalue weighted by Crippen LogP contribution is -2.16. The highest BCUT2D eigenvalue weighted by Gasteiger charge is 2.31. The molecule has 0 atom stereocenters. The number of aromatic hydroxyl groups is 1. The molecule has 0 fully saturated rings. The topological polar surface area (TPSA) is 66.6 Å². The number of fused-ring (bicyclic) bond motifs is 1. The summed E-state index contributed by atoms with van der Waals surface area (Å²) < 4.78 is 39.8. The highest BCUT2D eigenvalue weighted by Crippen LogP contribution is 2.30. The van der Waals surface area contributed by atoms with Crippen LogP contribution in [0, 0.1) is 6.92 Å². The molecule has 0 bridgehead atoms. The monoisotopic (exact) mass is 335 g/mol. The van der Waals surface area contributed by atoms with Crippen molar-refractivity contribution in [2.45, 2.75) is 13.1 Å². The third kappa shape index (κ3) is 2.78. The lowest BCUT2D eigenvalue weighted by molar-refractivity contribution is -0.137. The number of imidazole rings is 1. The molecule has 0 radical (unpaired) electrons. The second kappa shape index (κ2) is 5.55. The average molecular weight is 335 g/mol. The maximum absolute atomic E-state index is 12.9. The van der Waals surface area contributed by atoms with Crippen molar-refractivity contribution in [1.29, 1.82) is 0 Å². The molecular weight excluding hydrogens is 323 g/mol. The lowest BCUT2D eigenvalue weighted by Gasteiger charge is -2.10. The van der Waals surface area contributed by atoms with Crippen molar-refractivity contribution in [3.63, 3.8) is 0 Å². The first-order valence-electron chi connectivity index (χ1n) is 6.92. The number of alkyl halides is 3. The molecule has 2 heterocycles. The van der Waals surface area contributed by atoms with Gasteiger partial charge in [0.2, 0.25) is 0 Å². The van der Waals surface area contributed by atoms with Gasteiger partial charge < -0.3 is 10.4 Å². The van der Waals surface area contributed by atoms with Crippen LogP contribution < -0.4 is 5.32 Å². The van der Waals surface area contributed by atoms with Gasteiger partial charge in [0.1, 0.15) is 17.1 Å². The molecular formula is C16H12F3N3O2. The lowest BCUT2D eigenvalue weighted by atomic mass is 10.2. The zero-order chi connectivity index (χ0) is 17.5. The number of para-hydroxylation sites is 2. The summed E-state index contributed by atoms with van der Waals surface area (Å²) in [4.78, 5) is 16.6. The molecule has 5 nitrogen and oxygen atoms in total. The standard InChI is InChI=1S/C16H12F3N3O2/c1-9-14(15(24)21-11-4-2-3-5-12(11)23)22-8-10(16(17,18)19)6-7-13(22)20-9/h2-8,23H,1H3,(H,21,24). The summed E-state index contributed by atoms with van der Waals surface area (Å²) in [5.74, 6) is -0.811. The van der Waals surface area contributed by atoms with Gasteiger partial charge in [-0.3, -0.25) is 9.20 Å². The van der Waals surface area contributed by atoms with Gasteiger partial charge in [0.15, 0.2) is 0 Å². The smallest absolute Gasteiger partial charge is 0.417 e. The van der Waals surface area contributed by atoms with Crippen LogP contribution in [-0.4, -0.2) is 20.4 Å². The van der Waals surface area contributed by atoms with E-state index in [-0.39, 0.29) is 28.5 Å². The second-order valence-electron chi connectivity index (χ2n) is 5.16. The predicted octanol–water partition coefficient (Wildman–Crippen LogP) is 3.62. The summed E-state index contributed by atoms with van der Waals surface area (Å²) in [6.07, 6.45) is -3.70. The van der Waals surface area contributed by atoms with Crippen molar-refractivity contribution in [2.75, 3.05) is 5.32 Å². The van der Waals surface area contributed by atoms with Crippen LogP contribution in [0.15, 0.2) is 42.6 Å². The van der Waals surface area contributed by atoms with E-state index in [1.54, 1.807) is 12.1 Å². The third-order valence-corrected chi connectivity index (χ3v) is 3.49. The molecule has 0 unspecified atom stereocenters. The molecule has 8 heteroatoms. The normalized spacial score (nSPS) is 11.7. The van der Waals surface area contributed by atoms with Gasteiger partial charge in [-0.15, -0.1) is 0 Å². The first-order chi connectivity index (χ1) is 11.3. The van der Waals surface area contributed by atoms with Crippen molar-refractivity contribution in [1.82, 2.24) is 9.38 Å². The number of benzene rings is 1. The fourth-order valence-electron chi connectivity index (χ4n) is 2.36. The zero-order valence-electron chi connectivity index (χ0n) is 12.4.